The van der Waals surface area contributed by atoms with E-state index in [1.54, 1.807) is 12.1 Å². The van der Waals surface area contributed by atoms with Gasteiger partial charge in [-0.05, 0) is 74.9 Å². The lowest BCUT2D eigenvalue weighted by molar-refractivity contribution is 0.103. The van der Waals surface area contributed by atoms with E-state index in [-0.39, 0.29) is 5.78 Å². The van der Waals surface area contributed by atoms with Crippen LogP contribution < -0.4 is 9.47 Å². The summed E-state index contributed by atoms with van der Waals surface area (Å²) in [6, 6.07) is 11.1. The fraction of sp³-hybridized carbons (Fsp3) is 0.188. The van der Waals surface area contributed by atoms with Gasteiger partial charge in [-0.1, -0.05) is 0 Å². The van der Waals surface area contributed by atoms with Crippen molar-refractivity contribution in [2.24, 2.45) is 0 Å². The van der Waals surface area contributed by atoms with Crippen LogP contribution in [0.3, 0.4) is 0 Å². The second kappa shape index (κ2) is 6.36. The van der Waals surface area contributed by atoms with Crippen molar-refractivity contribution < 1.29 is 14.3 Å². The lowest BCUT2D eigenvalue weighted by atomic mass is 10.0. The molecule has 0 saturated heterocycles. The Balaban J connectivity index is 2.00. The minimum absolute atomic E-state index is 0.0334. The van der Waals surface area contributed by atoms with Crippen molar-refractivity contribution in [2.45, 2.75) is 6.42 Å². The van der Waals surface area contributed by atoms with Crippen LogP contribution in [0.1, 0.15) is 22.3 Å². The highest BCUT2D eigenvalue weighted by molar-refractivity contribution is 14.1. The molecular weight excluding hydrogens is 447 g/mol. The van der Waals surface area contributed by atoms with E-state index in [1.807, 2.05) is 24.3 Å². The Morgan fingerprint density at radius 2 is 1.67 bits per heavy atom. The van der Waals surface area contributed by atoms with Crippen molar-refractivity contribution in [3.8, 4) is 11.5 Å². The molecule has 0 saturated carbocycles. The highest BCUT2D eigenvalue weighted by Crippen LogP contribution is 2.36. The molecule has 0 aliphatic carbocycles. The maximum atomic E-state index is 12.6. The van der Waals surface area contributed by atoms with E-state index in [0.717, 1.165) is 14.5 Å². The minimum atomic E-state index is -0.0334. The first-order valence-electron chi connectivity index (χ1n) is 6.54. The van der Waals surface area contributed by atoms with Gasteiger partial charge in [0, 0.05) is 25.6 Å². The quantitative estimate of drug-likeness (QED) is 0.492. The van der Waals surface area contributed by atoms with E-state index in [0.29, 0.717) is 35.8 Å². The van der Waals surface area contributed by atoms with Gasteiger partial charge in [-0.15, -0.1) is 0 Å². The number of ether oxygens (including phenoxy) is 2. The lowest BCUT2D eigenvalue weighted by Crippen LogP contribution is -2.04. The number of hydrogen-bond acceptors (Lipinski definition) is 3. The number of rotatable bonds is 2. The molecule has 0 atom stereocenters. The summed E-state index contributed by atoms with van der Waals surface area (Å²) < 4.78 is 13.1. The molecule has 1 aliphatic heterocycles. The SMILES string of the molecule is O=C(c1ccc(I)cc1)c1cc2c(cc1Br)OCCCO2. The largest absolute Gasteiger partial charge is 0.490 e. The van der Waals surface area contributed by atoms with Crippen LogP contribution in [0.5, 0.6) is 11.5 Å². The monoisotopic (exact) mass is 458 g/mol. The van der Waals surface area contributed by atoms with E-state index in [1.165, 1.54) is 0 Å². The highest BCUT2D eigenvalue weighted by Gasteiger charge is 2.19. The van der Waals surface area contributed by atoms with E-state index in [9.17, 15) is 4.79 Å². The molecule has 3 nitrogen and oxygen atoms in total. The highest BCUT2D eigenvalue weighted by atomic mass is 127. The molecule has 0 fully saturated rings. The molecule has 0 spiro atoms. The molecule has 5 heteroatoms. The van der Waals surface area contributed by atoms with Gasteiger partial charge in [-0.2, -0.15) is 0 Å². The summed E-state index contributed by atoms with van der Waals surface area (Å²) in [5.41, 5.74) is 1.24. The lowest BCUT2D eigenvalue weighted by Gasteiger charge is -2.11. The predicted molar refractivity (Wildman–Crippen MR) is 92.3 cm³/mol. The van der Waals surface area contributed by atoms with Gasteiger partial charge in [-0.3, -0.25) is 4.79 Å². The number of fused-ring (bicyclic) bond motifs is 1. The summed E-state index contributed by atoms with van der Waals surface area (Å²) in [5.74, 6) is 1.28. The zero-order chi connectivity index (χ0) is 14.8. The molecule has 2 aromatic carbocycles. The third-order valence-electron chi connectivity index (χ3n) is 3.19. The summed E-state index contributed by atoms with van der Waals surface area (Å²) >= 11 is 5.67. The van der Waals surface area contributed by atoms with Gasteiger partial charge in [0.1, 0.15) is 0 Å². The van der Waals surface area contributed by atoms with Crippen LogP contribution in [0.15, 0.2) is 40.9 Å². The van der Waals surface area contributed by atoms with Crippen molar-refractivity contribution in [1.82, 2.24) is 0 Å². The molecule has 0 unspecified atom stereocenters. The molecule has 0 N–H and O–H groups in total. The van der Waals surface area contributed by atoms with Gasteiger partial charge in [0.05, 0.1) is 13.2 Å². The molecular formula is C16H12BrIO3. The van der Waals surface area contributed by atoms with E-state index in [2.05, 4.69) is 38.5 Å². The van der Waals surface area contributed by atoms with Crippen LogP contribution in [-0.4, -0.2) is 19.0 Å². The van der Waals surface area contributed by atoms with Gasteiger partial charge in [0.2, 0.25) is 0 Å². The number of hydrogen-bond donors (Lipinski definition) is 0. The first-order chi connectivity index (χ1) is 10.1. The van der Waals surface area contributed by atoms with Gasteiger partial charge in [-0.25, -0.2) is 0 Å². The molecule has 108 valence electrons. The van der Waals surface area contributed by atoms with Crippen molar-refractivity contribution in [2.75, 3.05) is 13.2 Å². The summed E-state index contributed by atoms with van der Waals surface area (Å²) in [6.45, 7) is 1.23. The maximum absolute atomic E-state index is 12.6. The van der Waals surface area contributed by atoms with Crippen LogP contribution >= 0.6 is 38.5 Å². The third-order valence-corrected chi connectivity index (χ3v) is 4.56. The Labute approximate surface area is 144 Å². The van der Waals surface area contributed by atoms with Crippen molar-refractivity contribution in [3.05, 3.63) is 55.6 Å². The van der Waals surface area contributed by atoms with E-state index < -0.39 is 0 Å². The zero-order valence-corrected chi connectivity index (χ0v) is 14.8. The zero-order valence-electron chi connectivity index (χ0n) is 11.1. The maximum Gasteiger partial charge on any atom is 0.194 e. The van der Waals surface area contributed by atoms with Crippen LogP contribution in [-0.2, 0) is 0 Å². The molecule has 3 rings (SSSR count). The topological polar surface area (TPSA) is 35.5 Å². The standard InChI is InChI=1S/C16H12BrIO3/c17-13-9-15-14(20-6-1-7-21-15)8-12(13)16(19)10-2-4-11(18)5-3-10/h2-5,8-9H,1,6-7H2. The normalized spacial score (nSPS) is 13.6. The Bertz CT molecular complexity index is 683. The van der Waals surface area contributed by atoms with Gasteiger partial charge in [0.15, 0.2) is 17.3 Å². The first kappa shape index (κ1) is 14.8. The van der Waals surface area contributed by atoms with Gasteiger partial charge < -0.3 is 9.47 Å². The molecule has 0 aromatic heterocycles. The Kier molecular flexibility index (Phi) is 4.49. The van der Waals surface area contributed by atoms with Crippen molar-refractivity contribution in [3.63, 3.8) is 0 Å². The summed E-state index contributed by atoms with van der Waals surface area (Å²) in [7, 11) is 0. The first-order valence-corrected chi connectivity index (χ1v) is 8.42. The molecule has 2 aromatic rings. The van der Waals surface area contributed by atoms with Crippen LogP contribution in [0.4, 0.5) is 0 Å². The predicted octanol–water partition coefficient (Wildman–Crippen LogP) is 4.45. The fourth-order valence-corrected chi connectivity index (χ4v) is 2.98. The fourth-order valence-electron chi connectivity index (χ4n) is 2.11. The number of carbonyl (C=O) groups excluding carboxylic acids is 1. The van der Waals surface area contributed by atoms with Gasteiger partial charge in [0.25, 0.3) is 0 Å². The molecule has 0 radical (unpaired) electrons. The number of halogens is 2. The Morgan fingerprint density at radius 1 is 1.05 bits per heavy atom. The summed E-state index contributed by atoms with van der Waals surface area (Å²) in [6.07, 6.45) is 0.840. The van der Waals surface area contributed by atoms with Crippen LogP contribution in [0, 0.1) is 3.57 Å². The molecule has 0 bridgehead atoms. The van der Waals surface area contributed by atoms with Crippen LogP contribution in [0.2, 0.25) is 0 Å². The second-order valence-corrected chi connectivity index (χ2v) is 6.77. The molecule has 0 amide bonds. The molecule has 1 heterocycles. The average Bonchev–Trinajstić information content (AvgIpc) is 2.71. The smallest absolute Gasteiger partial charge is 0.194 e. The summed E-state index contributed by atoms with van der Waals surface area (Å²) in [5, 5.41) is 0. The minimum Gasteiger partial charge on any atom is -0.490 e. The average molecular weight is 459 g/mol. The molecule has 21 heavy (non-hydrogen) atoms. The second-order valence-electron chi connectivity index (χ2n) is 4.67. The Morgan fingerprint density at radius 3 is 2.33 bits per heavy atom. The van der Waals surface area contributed by atoms with Crippen LogP contribution in [0.25, 0.3) is 0 Å². The van der Waals surface area contributed by atoms with E-state index in [4.69, 9.17) is 9.47 Å². The number of carbonyl (C=O) groups is 1. The number of benzene rings is 2. The number of ketones is 1. The summed E-state index contributed by atoms with van der Waals surface area (Å²) in [4.78, 5) is 12.6. The van der Waals surface area contributed by atoms with Crippen molar-refractivity contribution in [1.29, 1.82) is 0 Å². The van der Waals surface area contributed by atoms with Crippen molar-refractivity contribution >= 4 is 44.3 Å². The van der Waals surface area contributed by atoms with E-state index >= 15 is 0 Å². The van der Waals surface area contributed by atoms with Gasteiger partial charge >= 0.3 is 0 Å². The Hall–Kier alpha value is -1.08. The third kappa shape index (κ3) is 3.23. The molecule has 1 aliphatic rings.